The fourth-order valence-electron chi connectivity index (χ4n) is 3.01. The van der Waals surface area contributed by atoms with Gasteiger partial charge in [-0.25, -0.2) is 4.79 Å². The Balaban J connectivity index is 2.08. The average molecular weight is 300 g/mol. The van der Waals surface area contributed by atoms with Gasteiger partial charge in [-0.2, -0.15) is 0 Å². The summed E-state index contributed by atoms with van der Waals surface area (Å²) in [5, 5.41) is 23.4. The number of carboxylic acid groups (broad SMARTS) is 1. The first-order valence-corrected chi connectivity index (χ1v) is 7.24. The smallest absolute Gasteiger partial charge is 0.410 e. The summed E-state index contributed by atoms with van der Waals surface area (Å²) in [6.45, 7) is 6.43. The van der Waals surface area contributed by atoms with Gasteiger partial charge in [-0.15, -0.1) is 0 Å². The third-order valence-electron chi connectivity index (χ3n) is 4.30. The molecule has 2 aliphatic rings. The molecule has 21 heavy (non-hydrogen) atoms. The summed E-state index contributed by atoms with van der Waals surface area (Å²) >= 11 is 0. The third kappa shape index (κ3) is 2.85. The molecule has 2 heterocycles. The molecule has 0 aliphatic carbocycles. The number of likely N-dealkylation sites (tertiary alicyclic amines) is 1. The zero-order chi connectivity index (χ0) is 15.9. The summed E-state index contributed by atoms with van der Waals surface area (Å²) in [5.74, 6) is -1.05. The van der Waals surface area contributed by atoms with Crippen LogP contribution < -0.4 is 5.32 Å². The average Bonchev–Trinajstić information content (AvgIpc) is 2.24. The van der Waals surface area contributed by atoms with Crippen LogP contribution >= 0.6 is 0 Å². The number of aliphatic hydroxyl groups is 1. The SMILES string of the molecule is CC(C)(C)OC(=O)N1CC(C(=O)O)(C2(O)CCNCC2)C1. The van der Waals surface area contributed by atoms with E-state index < -0.39 is 28.7 Å². The van der Waals surface area contributed by atoms with Crippen molar-refractivity contribution < 1.29 is 24.5 Å². The van der Waals surface area contributed by atoms with Crippen LogP contribution in [-0.4, -0.2) is 64.6 Å². The van der Waals surface area contributed by atoms with Gasteiger partial charge in [-0.1, -0.05) is 0 Å². The lowest BCUT2D eigenvalue weighted by Crippen LogP contribution is -2.73. The number of aliphatic carboxylic acids is 1. The first kappa shape index (κ1) is 16.0. The molecule has 2 rings (SSSR count). The van der Waals surface area contributed by atoms with Crippen LogP contribution in [0.2, 0.25) is 0 Å². The highest BCUT2D eigenvalue weighted by atomic mass is 16.6. The van der Waals surface area contributed by atoms with Gasteiger partial charge in [0, 0.05) is 13.1 Å². The van der Waals surface area contributed by atoms with E-state index in [9.17, 15) is 19.8 Å². The van der Waals surface area contributed by atoms with Crippen molar-refractivity contribution in [2.24, 2.45) is 5.41 Å². The summed E-state index contributed by atoms with van der Waals surface area (Å²) in [5.41, 5.74) is -3.18. The molecule has 0 spiro atoms. The first-order chi connectivity index (χ1) is 9.60. The van der Waals surface area contributed by atoms with Crippen molar-refractivity contribution in [3.8, 4) is 0 Å². The number of carboxylic acids is 1. The Labute approximate surface area is 124 Å². The highest BCUT2D eigenvalue weighted by Crippen LogP contribution is 2.46. The van der Waals surface area contributed by atoms with Crippen LogP contribution in [0.4, 0.5) is 4.79 Å². The van der Waals surface area contributed by atoms with Crippen LogP contribution in [0.15, 0.2) is 0 Å². The fourth-order valence-corrected chi connectivity index (χ4v) is 3.01. The molecule has 0 saturated carbocycles. The summed E-state index contributed by atoms with van der Waals surface area (Å²) in [4.78, 5) is 25.0. The van der Waals surface area contributed by atoms with Crippen LogP contribution in [0, 0.1) is 5.41 Å². The standard InChI is InChI=1S/C14H24N2O5/c1-12(2,3)21-11(19)16-8-13(9-16,10(17)18)14(20)4-6-15-7-5-14/h15,20H,4-9H2,1-3H3,(H,17,18). The molecule has 0 aromatic heterocycles. The molecule has 3 N–H and O–H groups in total. The summed E-state index contributed by atoms with van der Waals surface area (Å²) < 4.78 is 5.24. The molecule has 7 heteroatoms. The van der Waals surface area contributed by atoms with E-state index >= 15 is 0 Å². The van der Waals surface area contributed by atoms with Gasteiger partial charge in [0.2, 0.25) is 0 Å². The number of nitrogens with one attached hydrogen (secondary N) is 1. The van der Waals surface area contributed by atoms with E-state index in [0.717, 1.165) is 0 Å². The minimum Gasteiger partial charge on any atom is -0.481 e. The van der Waals surface area contributed by atoms with Crippen LogP contribution in [0.5, 0.6) is 0 Å². The molecular weight excluding hydrogens is 276 g/mol. The topological polar surface area (TPSA) is 99.1 Å². The number of amides is 1. The zero-order valence-corrected chi connectivity index (χ0v) is 12.8. The Morgan fingerprint density at radius 3 is 2.14 bits per heavy atom. The summed E-state index contributed by atoms with van der Waals surface area (Å²) in [6, 6.07) is 0. The molecule has 2 fully saturated rings. The van der Waals surface area contributed by atoms with Gasteiger partial charge in [-0.05, 0) is 46.7 Å². The lowest BCUT2D eigenvalue weighted by molar-refractivity contribution is -0.200. The molecular formula is C14H24N2O5. The molecule has 120 valence electrons. The number of carbonyl (C=O) groups excluding carboxylic acids is 1. The molecule has 0 aromatic carbocycles. The third-order valence-corrected chi connectivity index (χ3v) is 4.30. The number of hydrogen-bond donors (Lipinski definition) is 3. The Bertz CT molecular complexity index is 431. The Kier molecular flexibility index (Phi) is 3.92. The lowest BCUT2D eigenvalue weighted by Gasteiger charge is -2.56. The zero-order valence-electron chi connectivity index (χ0n) is 12.8. The van der Waals surface area contributed by atoms with Crippen LogP contribution in [0.1, 0.15) is 33.6 Å². The minimum atomic E-state index is -1.29. The number of rotatable bonds is 2. The van der Waals surface area contributed by atoms with Crippen molar-refractivity contribution in [1.82, 2.24) is 10.2 Å². The van der Waals surface area contributed by atoms with Crippen LogP contribution in [0.3, 0.4) is 0 Å². The van der Waals surface area contributed by atoms with Gasteiger partial charge >= 0.3 is 12.1 Å². The van der Waals surface area contributed by atoms with Crippen molar-refractivity contribution in [3.05, 3.63) is 0 Å². The monoisotopic (exact) mass is 300 g/mol. The predicted molar refractivity (Wildman–Crippen MR) is 74.9 cm³/mol. The summed E-state index contributed by atoms with van der Waals surface area (Å²) in [7, 11) is 0. The van der Waals surface area contributed by atoms with Gasteiger partial charge < -0.3 is 25.2 Å². The second kappa shape index (κ2) is 5.14. The van der Waals surface area contributed by atoms with E-state index in [1.165, 1.54) is 4.90 Å². The lowest BCUT2D eigenvalue weighted by atomic mass is 9.62. The molecule has 2 saturated heterocycles. The van der Waals surface area contributed by atoms with Crippen molar-refractivity contribution in [2.45, 2.75) is 44.8 Å². The van der Waals surface area contributed by atoms with E-state index in [2.05, 4.69) is 5.32 Å². The minimum absolute atomic E-state index is 0.00620. The predicted octanol–water partition coefficient (Wildman–Crippen LogP) is 0.423. The highest BCUT2D eigenvalue weighted by Gasteiger charge is 2.64. The number of hydrogen-bond acceptors (Lipinski definition) is 5. The molecule has 7 nitrogen and oxygen atoms in total. The van der Waals surface area contributed by atoms with Crippen molar-refractivity contribution in [3.63, 3.8) is 0 Å². The Morgan fingerprint density at radius 1 is 1.19 bits per heavy atom. The van der Waals surface area contributed by atoms with E-state index in [4.69, 9.17) is 4.74 Å². The second-order valence-electron chi connectivity index (χ2n) is 7.01. The van der Waals surface area contributed by atoms with Crippen molar-refractivity contribution >= 4 is 12.1 Å². The van der Waals surface area contributed by atoms with Crippen molar-refractivity contribution in [2.75, 3.05) is 26.2 Å². The molecule has 0 unspecified atom stereocenters. The molecule has 0 bridgehead atoms. The number of piperidine rings is 1. The van der Waals surface area contributed by atoms with Crippen LogP contribution in [-0.2, 0) is 9.53 Å². The molecule has 2 aliphatic heterocycles. The number of carbonyl (C=O) groups is 2. The Hall–Kier alpha value is -1.34. The maximum atomic E-state index is 12.0. The van der Waals surface area contributed by atoms with E-state index in [1.807, 2.05) is 0 Å². The van der Waals surface area contributed by atoms with Gasteiger partial charge in [0.05, 0.1) is 5.60 Å². The number of nitrogens with zero attached hydrogens (tertiary/aromatic N) is 1. The fraction of sp³-hybridized carbons (Fsp3) is 0.857. The van der Waals surface area contributed by atoms with Gasteiger partial charge in [0.15, 0.2) is 0 Å². The van der Waals surface area contributed by atoms with Crippen molar-refractivity contribution in [1.29, 1.82) is 0 Å². The quantitative estimate of drug-likeness (QED) is 0.683. The van der Waals surface area contributed by atoms with Gasteiger partial charge in [-0.3, -0.25) is 4.79 Å². The van der Waals surface area contributed by atoms with Gasteiger partial charge in [0.1, 0.15) is 11.0 Å². The second-order valence-corrected chi connectivity index (χ2v) is 7.01. The van der Waals surface area contributed by atoms with Crippen LogP contribution in [0.25, 0.3) is 0 Å². The maximum Gasteiger partial charge on any atom is 0.410 e. The molecule has 1 amide bonds. The Morgan fingerprint density at radius 2 is 1.71 bits per heavy atom. The highest BCUT2D eigenvalue weighted by molar-refractivity contribution is 5.82. The number of ether oxygens (including phenoxy) is 1. The molecule has 0 radical (unpaired) electrons. The molecule has 0 aromatic rings. The van der Waals surface area contributed by atoms with E-state index in [0.29, 0.717) is 25.9 Å². The normalized spacial score (nSPS) is 24.1. The largest absolute Gasteiger partial charge is 0.481 e. The van der Waals surface area contributed by atoms with E-state index in [1.54, 1.807) is 20.8 Å². The first-order valence-electron chi connectivity index (χ1n) is 7.24. The summed E-state index contributed by atoms with van der Waals surface area (Å²) in [6.07, 6.45) is 0.222. The maximum absolute atomic E-state index is 12.0. The molecule has 0 atom stereocenters. The van der Waals surface area contributed by atoms with Gasteiger partial charge in [0.25, 0.3) is 0 Å². The van der Waals surface area contributed by atoms with E-state index in [-0.39, 0.29) is 13.1 Å².